The summed E-state index contributed by atoms with van der Waals surface area (Å²) in [5.74, 6) is 2.26. The third-order valence-electron chi connectivity index (χ3n) is 4.86. The van der Waals surface area contributed by atoms with Crippen LogP contribution in [0, 0.1) is 0 Å². The van der Waals surface area contributed by atoms with Crippen molar-refractivity contribution >= 4 is 24.3 Å². The summed E-state index contributed by atoms with van der Waals surface area (Å²) >= 11 is 0. The van der Waals surface area contributed by atoms with Crippen molar-refractivity contribution in [2.45, 2.75) is 33.2 Å². The monoisotopic (exact) mass is 392 g/mol. The summed E-state index contributed by atoms with van der Waals surface area (Å²) in [5.41, 5.74) is 1.27. The Bertz CT molecular complexity index is 722. The van der Waals surface area contributed by atoms with E-state index in [4.69, 9.17) is 4.74 Å². The van der Waals surface area contributed by atoms with Crippen LogP contribution in [0.3, 0.4) is 0 Å². The minimum atomic E-state index is 0. The van der Waals surface area contributed by atoms with Crippen molar-refractivity contribution < 1.29 is 9.53 Å². The lowest BCUT2D eigenvalue weighted by Crippen LogP contribution is -2.50. The second kappa shape index (κ2) is 9.65. The number of benzene rings is 1. The highest BCUT2D eigenvalue weighted by atomic mass is 35.5. The Morgan fingerprint density at radius 3 is 2.41 bits per heavy atom. The minimum absolute atomic E-state index is 0. The van der Waals surface area contributed by atoms with E-state index in [-0.39, 0.29) is 24.9 Å². The number of nitrogens with zero attached hydrogens (tertiary/aromatic N) is 4. The molecule has 1 aromatic heterocycles. The molecule has 0 unspecified atom stereocenters. The van der Waals surface area contributed by atoms with Gasteiger partial charge in [-0.25, -0.2) is 4.98 Å². The van der Waals surface area contributed by atoms with Crippen molar-refractivity contribution in [2.24, 2.45) is 0 Å². The van der Waals surface area contributed by atoms with Crippen LogP contribution in [0.25, 0.3) is 0 Å². The number of amides is 1. The lowest BCUT2D eigenvalue weighted by Gasteiger charge is -2.35. The summed E-state index contributed by atoms with van der Waals surface area (Å²) in [6.45, 7) is 10.4. The average Bonchev–Trinajstić information content (AvgIpc) is 3.15. The van der Waals surface area contributed by atoms with Gasteiger partial charge in [0.2, 0.25) is 5.95 Å². The zero-order valence-corrected chi connectivity index (χ0v) is 17.1. The van der Waals surface area contributed by atoms with Crippen molar-refractivity contribution in [3.05, 3.63) is 42.2 Å². The van der Waals surface area contributed by atoms with Crippen LogP contribution in [-0.2, 0) is 11.3 Å². The molecule has 148 valence electrons. The molecule has 0 spiro atoms. The molecule has 0 atom stereocenters. The molecule has 0 aliphatic carbocycles. The zero-order valence-electron chi connectivity index (χ0n) is 16.3. The quantitative estimate of drug-likeness (QED) is 0.757. The molecule has 2 heterocycles. The topological polar surface area (TPSA) is 50.6 Å². The largest absolute Gasteiger partial charge is 0.484 e. The Balaban J connectivity index is 0.00000261. The number of halogens is 1. The van der Waals surface area contributed by atoms with E-state index >= 15 is 0 Å². The van der Waals surface area contributed by atoms with Crippen LogP contribution in [0.15, 0.2) is 36.7 Å². The number of anilines is 1. The number of ether oxygens (including phenoxy) is 1. The van der Waals surface area contributed by atoms with Gasteiger partial charge in [-0.05, 0) is 30.5 Å². The van der Waals surface area contributed by atoms with Crippen molar-refractivity contribution in [3.8, 4) is 5.75 Å². The normalized spacial score (nSPS) is 14.2. The summed E-state index contributed by atoms with van der Waals surface area (Å²) < 4.78 is 7.80. The van der Waals surface area contributed by atoms with Crippen LogP contribution in [0.1, 0.15) is 32.3 Å². The molecule has 0 radical (unpaired) electrons. The number of carbonyl (C=O) groups excluding carboxylic acids is 1. The number of carbonyl (C=O) groups is 1. The van der Waals surface area contributed by atoms with E-state index in [9.17, 15) is 4.79 Å². The number of imidazole rings is 1. The van der Waals surface area contributed by atoms with Gasteiger partial charge < -0.3 is 19.1 Å². The van der Waals surface area contributed by atoms with Crippen molar-refractivity contribution in [2.75, 3.05) is 37.7 Å². The fourth-order valence-electron chi connectivity index (χ4n) is 3.17. The third kappa shape index (κ3) is 5.16. The maximum absolute atomic E-state index is 12.4. The Hall–Kier alpha value is -2.21. The van der Waals surface area contributed by atoms with Crippen molar-refractivity contribution in [3.63, 3.8) is 0 Å². The zero-order chi connectivity index (χ0) is 18.5. The van der Waals surface area contributed by atoms with Gasteiger partial charge in [0.1, 0.15) is 5.75 Å². The number of piperazine rings is 1. The van der Waals surface area contributed by atoms with Crippen LogP contribution in [0.2, 0.25) is 0 Å². The van der Waals surface area contributed by atoms with Crippen LogP contribution >= 0.6 is 12.4 Å². The van der Waals surface area contributed by atoms with E-state index in [0.717, 1.165) is 31.3 Å². The smallest absolute Gasteiger partial charge is 0.260 e. The predicted molar refractivity (Wildman–Crippen MR) is 110 cm³/mol. The summed E-state index contributed by atoms with van der Waals surface area (Å²) in [5, 5.41) is 0. The summed E-state index contributed by atoms with van der Waals surface area (Å²) in [4.78, 5) is 21.0. The molecule has 0 N–H and O–H groups in total. The summed E-state index contributed by atoms with van der Waals surface area (Å²) in [6, 6.07) is 7.98. The molecule has 1 amide bonds. The maximum atomic E-state index is 12.4. The first-order valence-electron chi connectivity index (χ1n) is 9.35. The molecule has 27 heavy (non-hydrogen) atoms. The van der Waals surface area contributed by atoms with Gasteiger partial charge in [-0.3, -0.25) is 4.79 Å². The number of hydrogen-bond acceptors (Lipinski definition) is 4. The van der Waals surface area contributed by atoms with Gasteiger partial charge in [0.15, 0.2) is 6.61 Å². The average molecular weight is 393 g/mol. The first kappa shape index (κ1) is 21.1. The highest BCUT2D eigenvalue weighted by Crippen LogP contribution is 2.19. The molecule has 6 nitrogen and oxygen atoms in total. The lowest BCUT2D eigenvalue weighted by atomic mass is 10.0. The first-order chi connectivity index (χ1) is 12.6. The summed E-state index contributed by atoms with van der Waals surface area (Å²) in [7, 11) is 0. The van der Waals surface area contributed by atoms with Crippen molar-refractivity contribution in [1.29, 1.82) is 0 Å². The molecule has 2 aromatic rings. The van der Waals surface area contributed by atoms with Gasteiger partial charge >= 0.3 is 0 Å². The molecular formula is C20H29ClN4O2. The molecular weight excluding hydrogens is 364 g/mol. The SMILES string of the molecule is CCn1ccnc1N1CCN(C(=O)COc2ccc(C(C)C)cc2)CC1.Cl. The molecule has 0 saturated carbocycles. The molecule has 1 aliphatic rings. The highest BCUT2D eigenvalue weighted by Gasteiger charge is 2.23. The predicted octanol–water partition coefficient (Wildman–Crippen LogP) is 3.18. The van der Waals surface area contributed by atoms with Gasteiger partial charge in [-0.15, -0.1) is 12.4 Å². The van der Waals surface area contributed by atoms with Crippen LogP contribution < -0.4 is 9.64 Å². The number of aryl methyl sites for hydroxylation is 1. The molecule has 1 aliphatic heterocycles. The number of rotatable bonds is 6. The molecule has 3 rings (SSSR count). The van der Waals surface area contributed by atoms with E-state index < -0.39 is 0 Å². The molecule has 1 aromatic carbocycles. The second-order valence-electron chi connectivity index (χ2n) is 6.89. The number of aromatic nitrogens is 2. The highest BCUT2D eigenvalue weighted by molar-refractivity contribution is 5.85. The maximum Gasteiger partial charge on any atom is 0.260 e. The Morgan fingerprint density at radius 2 is 1.81 bits per heavy atom. The van der Waals surface area contributed by atoms with Gasteiger partial charge in [-0.1, -0.05) is 26.0 Å². The van der Waals surface area contributed by atoms with E-state index in [1.54, 1.807) is 0 Å². The Morgan fingerprint density at radius 1 is 1.15 bits per heavy atom. The number of hydrogen-bond donors (Lipinski definition) is 0. The second-order valence-corrected chi connectivity index (χ2v) is 6.89. The Kier molecular flexibility index (Phi) is 7.54. The third-order valence-corrected chi connectivity index (χ3v) is 4.86. The van der Waals surface area contributed by atoms with Gasteiger partial charge in [0.05, 0.1) is 0 Å². The lowest BCUT2D eigenvalue weighted by molar-refractivity contribution is -0.133. The molecule has 1 fully saturated rings. The van der Waals surface area contributed by atoms with Crippen LogP contribution in [-0.4, -0.2) is 53.1 Å². The fourth-order valence-corrected chi connectivity index (χ4v) is 3.17. The molecule has 7 heteroatoms. The van der Waals surface area contributed by atoms with E-state index in [1.807, 2.05) is 29.4 Å². The van der Waals surface area contributed by atoms with Crippen LogP contribution in [0.4, 0.5) is 5.95 Å². The van der Waals surface area contributed by atoms with E-state index in [1.165, 1.54) is 5.56 Å². The standard InChI is InChI=1S/C20H28N4O2.ClH/c1-4-22-10-9-21-20(22)24-13-11-23(12-14-24)19(25)15-26-18-7-5-17(6-8-18)16(2)3;/h5-10,16H,4,11-15H2,1-3H3;1H. The fraction of sp³-hybridized carbons (Fsp3) is 0.500. The van der Waals surface area contributed by atoms with Gasteiger partial charge in [0, 0.05) is 45.1 Å². The van der Waals surface area contributed by atoms with Gasteiger partial charge in [0.25, 0.3) is 5.91 Å². The van der Waals surface area contributed by atoms with Crippen LogP contribution in [0.5, 0.6) is 5.75 Å². The van der Waals surface area contributed by atoms with Crippen molar-refractivity contribution in [1.82, 2.24) is 14.5 Å². The molecule has 0 bridgehead atoms. The van der Waals surface area contributed by atoms with E-state index in [2.05, 4.69) is 47.4 Å². The molecule has 1 saturated heterocycles. The minimum Gasteiger partial charge on any atom is -0.484 e. The summed E-state index contributed by atoms with van der Waals surface area (Å²) in [6.07, 6.45) is 3.82. The van der Waals surface area contributed by atoms with Gasteiger partial charge in [-0.2, -0.15) is 0 Å². The van der Waals surface area contributed by atoms with E-state index in [0.29, 0.717) is 19.0 Å². The Labute approximate surface area is 167 Å². The first-order valence-corrected chi connectivity index (χ1v) is 9.35.